The molecule has 1 amide bonds. The van der Waals surface area contributed by atoms with Gasteiger partial charge < -0.3 is 10.6 Å². The maximum absolute atomic E-state index is 12.4. The Balaban J connectivity index is 2.13. The summed E-state index contributed by atoms with van der Waals surface area (Å²) in [5.74, 6) is 0.0157. The summed E-state index contributed by atoms with van der Waals surface area (Å²) in [7, 11) is 0. The molecule has 0 bridgehead atoms. The molecule has 1 atom stereocenters. The molecule has 0 aliphatic carbocycles. The Morgan fingerprint density at radius 2 is 1.75 bits per heavy atom. The van der Waals surface area contributed by atoms with Gasteiger partial charge in [-0.05, 0) is 26.0 Å². The lowest BCUT2D eigenvalue weighted by atomic mass is 10.1. The number of amides is 1. The molecule has 0 radical (unpaired) electrons. The van der Waals surface area contributed by atoms with Crippen LogP contribution in [0, 0.1) is 6.92 Å². The van der Waals surface area contributed by atoms with Crippen LogP contribution >= 0.6 is 0 Å². The van der Waals surface area contributed by atoms with E-state index in [0.717, 1.165) is 17.8 Å². The number of nitrogens with two attached hydrogens (primary N) is 1. The lowest BCUT2D eigenvalue weighted by Crippen LogP contribution is -2.86. The Bertz CT molecular complexity index is 549. The monoisotopic (exact) mass is 269 g/mol. The highest BCUT2D eigenvalue weighted by Crippen LogP contribution is 2.13. The maximum atomic E-state index is 12.4. The zero-order chi connectivity index (χ0) is 14.4. The number of carbonyl (C=O) groups excluding carboxylic acids is 1. The lowest BCUT2D eigenvalue weighted by Gasteiger charge is -2.15. The van der Waals surface area contributed by atoms with Crippen molar-refractivity contribution in [1.29, 1.82) is 0 Å². The predicted octanol–water partition coefficient (Wildman–Crippen LogP) is 2.26. The van der Waals surface area contributed by atoms with Gasteiger partial charge in [-0.2, -0.15) is 0 Å². The Kier molecular flexibility index (Phi) is 4.91. The summed E-state index contributed by atoms with van der Waals surface area (Å²) in [5.41, 5.74) is 3.05. The molecule has 0 saturated heterocycles. The lowest BCUT2D eigenvalue weighted by molar-refractivity contribution is -0.679. The fourth-order valence-corrected chi connectivity index (χ4v) is 2.15. The number of anilines is 1. The van der Waals surface area contributed by atoms with Crippen LogP contribution in [-0.4, -0.2) is 12.5 Å². The van der Waals surface area contributed by atoms with E-state index in [-0.39, 0.29) is 11.9 Å². The summed E-state index contributed by atoms with van der Waals surface area (Å²) in [5, 5.41) is 5.02. The molecule has 3 N–H and O–H groups in total. The van der Waals surface area contributed by atoms with Crippen LogP contribution in [0.25, 0.3) is 0 Å². The molecule has 0 aliphatic heterocycles. The van der Waals surface area contributed by atoms with Gasteiger partial charge in [-0.25, -0.2) is 0 Å². The van der Waals surface area contributed by atoms with Crippen molar-refractivity contribution >= 4 is 11.6 Å². The van der Waals surface area contributed by atoms with Crippen LogP contribution in [0.3, 0.4) is 0 Å². The normalized spacial score (nSPS) is 11.9. The first-order valence-corrected chi connectivity index (χ1v) is 6.96. The van der Waals surface area contributed by atoms with Gasteiger partial charge in [-0.3, -0.25) is 4.79 Å². The number of carbonyl (C=O) groups is 1. The molecule has 3 nitrogen and oxygen atoms in total. The third-order valence-electron chi connectivity index (χ3n) is 3.23. The smallest absolute Gasteiger partial charge is 0.287 e. The molecule has 2 aromatic rings. The Labute approximate surface area is 120 Å². The topological polar surface area (TPSA) is 45.7 Å². The molecule has 0 aromatic heterocycles. The molecule has 104 valence electrons. The molecule has 20 heavy (non-hydrogen) atoms. The minimum absolute atomic E-state index is 0.0157. The van der Waals surface area contributed by atoms with Gasteiger partial charge >= 0.3 is 0 Å². The van der Waals surface area contributed by atoms with Crippen molar-refractivity contribution in [2.45, 2.75) is 19.9 Å². The predicted molar refractivity (Wildman–Crippen MR) is 81.5 cm³/mol. The number of rotatable bonds is 5. The highest BCUT2D eigenvalue weighted by molar-refractivity contribution is 5.94. The van der Waals surface area contributed by atoms with Crippen molar-refractivity contribution in [3.63, 3.8) is 0 Å². The molecular formula is C17H21N2O+. The second-order valence-corrected chi connectivity index (χ2v) is 4.89. The summed E-state index contributed by atoms with van der Waals surface area (Å²) in [6.07, 6.45) is 0. The molecule has 0 unspecified atom stereocenters. The van der Waals surface area contributed by atoms with E-state index < -0.39 is 0 Å². The van der Waals surface area contributed by atoms with E-state index in [0.29, 0.717) is 0 Å². The second kappa shape index (κ2) is 6.87. The molecule has 0 aliphatic rings. The standard InChI is InChI=1S/C17H20N2O/c1-3-18-16(14-7-5-4-6-8-14)17(20)19-15-11-9-13(2)10-12-15/h4-12,16,18H,3H2,1-2H3,(H,19,20)/p+1/t16-/m1/s1. The first-order valence-electron chi connectivity index (χ1n) is 6.96. The van der Waals surface area contributed by atoms with Crippen LogP contribution in [-0.2, 0) is 4.79 Å². The number of likely N-dealkylation sites (N-methyl/N-ethyl adjacent to an activating group) is 1. The minimum Gasteiger partial charge on any atom is -0.332 e. The third kappa shape index (κ3) is 3.68. The van der Waals surface area contributed by atoms with Gasteiger partial charge in [0.15, 0.2) is 6.04 Å². The van der Waals surface area contributed by atoms with Crippen LogP contribution < -0.4 is 10.6 Å². The van der Waals surface area contributed by atoms with Crippen molar-refractivity contribution in [3.05, 3.63) is 65.7 Å². The number of hydrogen-bond acceptors (Lipinski definition) is 1. The van der Waals surface area contributed by atoms with E-state index in [2.05, 4.69) is 12.2 Å². The number of aryl methyl sites for hydroxylation is 1. The fourth-order valence-electron chi connectivity index (χ4n) is 2.15. The fraction of sp³-hybridized carbons (Fsp3) is 0.235. The average molecular weight is 269 g/mol. The van der Waals surface area contributed by atoms with Crippen molar-refractivity contribution < 1.29 is 10.1 Å². The summed E-state index contributed by atoms with van der Waals surface area (Å²) in [6.45, 7) is 4.94. The molecule has 3 heteroatoms. The second-order valence-electron chi connectivity index (χ2n) is 4.89. The van der Waals surface area contributed by atoms with Gasteiger partial charge in [-0.15, -0.1) is 0 Å². The van der Waals surface area contributed by atoms with Crippen molar-refractivity contribution in [2.75, 3.05) is 11.9 Å². The largest absolute Gasteiger partial charge is 0.332 e. The SMILES string of the molecule is CC[NH2+][C@@H](C(=O)Nc1ccc(C)cc1)c1ccccc1. The van der Waals surface area contributed by atoms with E-state index in [1.165, 1.54) is 5.56 Å². The van der Waals surface area contributed by atoms with Crippen molar-refractivity contribution in [2.24, 2.45) is 0 Å². The molecule has 2 aromatic carbocycles. The summed E-state index contributed by atoms with van der Waals surface area (Å²) in [4.78, 5) is 12.4. The molecule has 0 fully saturated rings. The molecule has 0 heterocycles. The van der Waals surface area contributed by atoms with E-state index in [4.69, 9.17) is 0 Å². The summed E-state index contributed by atoms with van der Waals surface area (Å²) >= 11 is 0. The van der Waals surface area contributed by atoms with Gasteiger partial charge in [0.05, 0.1) is 6.54 Å². The van der Waals surface area contributed by atoms with Gasteiger partial charge in [0, 0.05) is 11.3 Å². The van der Waals surface area contributed by atoms with E-state index in [1.54, 1.807) is 0 Å². The number of quaternary nitrogens is 1. The molecule has 2 rings (SSSR count). The zero-order valence-electron chi connectivity index (χ0n) is 12.0. The molecular weight excluding hydrogens is 248 g/mol. The maximum Gasteiger partial charge on any atom is 0.287 e. The van der Waals surface area contributed by atoms with Crippen LogP contribution in [0.15, 0.2) is 54.6 Å². The van der Waals surface area contributed by atoms with Crippen LogP contribution in [0.1, 0.15) is 24.1 Å². The molecule has 0 spiro atoms. The zero-order valence-corrected chi connectivity index (χ0v) is 12.0. The average Bonchev–Trinajstić information content (AvgIpc) is 2.48. The van der Waals surface area contributed by atoms with Gasteiger partial charge in [0.1, 0.15) is 0 Å². The van der Waals surface area contributed by atoms with Gasteiger partial charge in [0.2, 0.25) is 0 Å². The van der Waals surface area contributed by atoms with Crippen molar-refractivity contribution in [3.8, 4) is 0 Å². The third-order valence-corrected chi connectivity index (χ3v) is 3.23. The summed E-state index contributed by atoms with van der Waals surface area (Å²) < 4.78 is 0. The number of benzene rings is 2. The number of nitrogens with one attached hydrogen (secondary N) is 1. The van der Waals surface area contributed by atoms with E-state index in [9.17, 15) is 4.79 Å². The van der Waals surface area contributed by atoms with E-state index in [1.807, 2.05) is 66.8 Å². The first-order chi connectivity index (χ1) is 9.70. The van der Waals surface area contributed by atoms with Crippen LogP contribution in [0.4, 0.5) is 5.69 Å². The van der Waals surface area contributed by atoms with Gasteiger partial charge in [-0.1, -0.05) is 48.0 Å². The Morgan fingerprint density at radius 3 is 2.35 bits per heavy atom. The minimum atomic E-state index is -0.206. The quantitative estimate of drug-likeness (QED) is 0.859. The van der Waals surface area contributed by atoms with Crippen LogP contribution in [0.5, 0.6) is 0 Å². The van der Waals surface area contributed by atoms with Crippen LogP contribution in [0.2, 0.25) is 0 Å². The Hall–Kier alpha value is -2.13. The summed E-state index contributed by atoms with van der Waals surface area (Å²) in [6, 6.07) is 17.5. The molecule has 0 saturated carbocycles. The first kappa shape index (κ1) is 14.3. The Morgan fingerprint density at radius 1 is 1.10 bits per heavy atom. The van der Waals surface area contributed by atoms with Gasteiger partial charge in [0.25, 0.3) is 5.91 Å². The number of hydrogen-bond donors (Lipinski definition) is 2. The highest BCUT2D eigenvalue weighted by Gasteiger charge is 2.22. The van der Waals surface area contributed by atoms with Crippen molar-refractivity contribution in [1.82, 2.24) is 0 Å². The van der Waals surface area contributed by atoms with E-state index >= 15 is 0 Å². The highest BCUT2D eigenvalue weighted by atomic mass is 16.2.